The van der Waals surface area contributed by atoms with E-state index in [0.717, 1.165) is 15.7 Å². The van der Waals surface area contributed by atoms with Crippen molar-refractivity contribution in [2.24, 2.45) is 0 Å². The molecule has 2 aromatic rings. The summed E-state index contributed by atoms with van der Waals surface area (Å²) in [4.78, 5) is 4.05. The zero-order valence-electron chi connectivity index (χ0n) is 8.74. The summed E-state index contributed by atoms with van der Waals surface area (Å²) < 4.78 is 2.84. The zero-order chi connectivity index (χ0) is 11.7. The van der Waals surface area contributed by atoms with Crippen molar-refractivity contribution in [3.63, 3.8) is 0 Å². The number of benzene rings is 1. The first-order valence-corrected chi connectivity index (χ1v) is 5.96. The number of nitrogens with zero attached hydrogens (tertiary/aromatic N) is 2. The third-order valence-electron chi connectivity index (χ3n) is 2.41. The van der Waals surface area contributed by atoms with Crippen molar-refractivity contribution < 1.29 is 0 Å². The zero-order valence-corrected chi connectivity index (χ0v) is 11.1. The molecule has 0 atom stereocenters. The average Bonchev–Trinajstić information content (AvgIpc) is 2.55. The molecule has 0 aliphatic carbocycles. The summed E-state index contributed by atoms with van der Waals surface area (Å²) >= 11 is 9.39. The van der Waals surface area contributed by atoms with E-state index in [1.807, 2.05) is 29.7 Å². The van der Waals surface area contributed by atoms with Crippen LogP contribution in [0.3, 0.4) is 0 Å². The Hall–Kier alpha value is -1.000. The van der Waals surface area contributed by atoms with E-state index in [1.165, 1.54) is 0 Å². The summed E-state index contributed by atoms with van der Waals surface area (Å²) in [5.74, 6) is 0.525. The second-order valence-corrected chi connectivity index (χ2v) is 4.85. The van der Waals surface area contributed by atoms with Crippen molar-refractivity contribution in [2.45, 2.75) is 13.5 Å². The van der Waals surface area contributed by atoms with Gasteiger partial charge in [-0.25, -0.2) is 4.98 Å². The number of aryl methyl sites for hydroxylation is 1. The van der Waals surface area contributed by atoms with Gasteiger partial charge in [0.05, 0.1) is 17.8 Å². The number of nitrogens with two attached hydrogens (primary N) is 1. The Morgan fingerprint density at radius 2 is 2.25 bits per heavy atom. The Labute approximate surface area is 107 Å². The van der Waals surface area contributed by atoms with Crippen molar-refractivity contribution in [3.8, 4) is 0 Å². The van der Waals surface area contributed by atoms with Crippen LogP contribution in [0.2, 0.25) is 5.02 Å². The highest BCUT2D eigenvalue weighted by Crippen LogP contribution is 2.24. The van der Waals surface area contributed by atoms with Crippen LogP contribution in [0.4, 0.5) is 5.95 Å². The fourth-order valence-electron chi connectivity index (χ4n) is 1.51. The van der Waals surface area contributed by atoms with E-state index in [0.29, 0.717) is 17.5 Å². The van der Waals surface area contributed by atoms with Gasteiger partial charge in [-0.1, -0.05) is 17.7 Å². The van der Waals surface area contributed by atoms with Crippen LogP contribution >= 0.6 is 27.5 Å². The monoisotopic (exact) mass is 299 g/mol. The maximum Gasteiger partial charge on any atom is 0.200 e. The number of hydrogen-bond acceptors (Lipinski definition) is 2. The lowest BCUT2D eigenvalue weighted by atomic mass is 10.2. The lowest BCUT2D eigenvalue weighted by molar-refractivity contribution is 0.783. The van der Waals surface area contributed by atoms with Crippen molar-refractivity contribution in [2.75, 3.05) is 5.73 Å². The summed E-state index contributed by atoms with van der Waals surface area (Å²) in [6.45, 7) is 2.66. The minimum Gasteiger partial charge on any atom is -0.369 e. The molecule has 5 heteroatoms. The third-order valence-corrected chi connectivity index (χ3v) is 3.64. The first-order valence-electron chi connectivity index (χ1n) is 4.79. The predicted molar refractivity (Wildman–Crippen MR) is 69.6 cm³/mol. The van der Waals surface area contributed by atoms with Gasteiger partial charge in [0.2, 0.25) is 5.95 Å². The fourth-order valence-corrected chi connectivity index (χ4v) is 1.96. The largest absolute Gasteiger partial charge is 0.369 e. The summed E-state index contributed by atoms with van der Waals surface area (Å²) in [7, 11) is 0. The SMILES string of the molecule is Cc1cnc(N)n1Cc1ccc(Br)c(Cl)c1. The van der Waals surface area contributed by atoms with Crippen molar-refractivity contribution in [1.82, 2.24) is 9.55 Å². The van der Waals surface area contributed by atoms with Crippen LogP contribution in [0.25, 0.3) is 0 Å². The average molecular weight is 301 g/mol. The van der Waals surface area contributed by atoms with E-state index in [-0.39, 0.29) is 0 Å². The van der Waals surface area contributed by atoms with Gasteiger partial charge in [-0.15, -0.1) is 0 Å². The molecule has 0 fully saturated rings. The molecule has 0 aliphatic heterocycles. The summed E-state index contributed by atoms with van der Waals surface area (Å²) in [5, 5.41) is 0.703. The van der Waals surface area contributed by atoms with Crippen LogP contribution < -0.4 is 5.73 Å². The van der Waals surface area contributed by atoms with Gasteiger partial charge in [-0.2, -0.15) is 0 Å². The molecule has 0 unspecified atom stereocenters. The smallest absolute Gasteiger partial charge is 0.200 e. The first-order chi connectivity index (χ1) is 7.58. The molecule has 0 saturated carbocycles. The number of nitrogen functional groups attached to an aromatic ring is 1. The number of hydrogen-bond donors (Lipinski definition) is 1. The molecule has 0 amide bonds. The standard InChI is InChI=1S/C11H11BrClN3/c1-7-5-15-11(14)16(7)6-8-2-3-9(12)10(13)4-8/h2-5H,6H2,1H3,(H2,14,15). The second kappa shape index (κ2) is 4.47. The number of rotatable bonds is 2. The number of anilines is 1. The maximum atomic E-state index is 6.03. The molecule has 3 nitrogen and oxygen atoms in total. The number of aromatic nitrogens is 2. The molecule has 0 aliphatic rings. The molecule has 1 heterocycles. The summed E-state index contributed by atoms with van der Waals surface area (Å²) in [6.07, 6.45) is 1.76. The molecule has 2 N–H and O–H groups in total. The van der Waals surface area contributed by atoms with Gasteiger partial charge < -0.3 is 10.3 Å². The van der Waals surface area contributed by atoms with Crippen molar-refractivity contribution in [3.05, 3.63) is 45.1 Å². The van der Waals surface area contributed by atoms with Gasteiger partial charge in [0.25, 0.3) is 0 Å². The molecular weight excluding hydrogens is 289 g/mol. The van der Waals surface area contributed by atoms with Gasteiger partial charge in [0.1, 0.15) is 0 Å². The highest BCUT2D eigenvalue weighted by atomic mass is 79.9. The van der Waals surface area contributed by atoms with E-state index in [9.17, 15) is 0 Å². The summed E-state index contributed by atoms with van der Waals surface area (Å²) in [6, 6.07) is 5.86. The molecule has 1 aromatic carbocycles. The number of imidazole rings is 1. The van der Waals surface area contributed by atoms with E-state index < -0.39 is 0 Å². The molecule has 1 aromatic heterocycles. The van der Waals surface area contributed by atoms with Crippen molar-refractivity contribution in [1.29, 1.82) is 0 Å². The Bertz CT molecular complexity index is 502. The Morgan fingerprint density at radius 3 is 2.81 bits per heavy atom. The van der Waals surface area contributed by atoms with Crippen LogP contribution in [0.15, 0.2) is 28.9 Å². The normalized spacial score (nSPS) is 10.7. The van der Waals surface area contributed by atoms with E-state index in [4.69, 9.17) is 17.3 Å². The number of halogens is 2. The van der Waals surface area contributed by atoms with Crippen molar-refractivity contribution >= 4 is 33.5 Å². The van der Waals surface area contributed by atoms with E-state index >= 15 is 0 Å². The van der Waals surface area contributed by atoms with Crippen LogP contribution in [-0.2, 0) is 6.54 Å². The Balaban J connectivity index is 2.31. The van der Waals surface area contributed by atoms with Crippen LogP contribution in [-0.4, -0.2) is 9.55 Å². The Kier molecular flexibility index (Phi) is 3.21. The maximum absolute atomic E-state index is 6.03. The van der Waals surface area contributed by atoms with Gasteiger partial charge >= 0.3 is 0 Å². The topological polar surface area (TPSA) is 43.8 Å². The predicted octanol–water partition coefficient (Wildman–Crippen LogP) is 3.24. The van der Waals surface area contributed by atoms with Crippen LogP contribution in [0, 0.1) is 6.92 Å². The quantitative estimate of drug-likeness (QED) is 0.925. The van der Waals surface area contributed by atoms with Gasteiger partial charge in [0, 0.05) is 10.2 Å². The van der Waals surface area contributed by atoms with Gasteiger partial charge in [0.15, 0.2) is 0 Å². The van der Waals surface area contributed by atoms with E-state index in [1.54, 1.807) is 6.20 Å². The minimum atomic E-state index is 0.525. The molecule has 0 radical (unpaired) electrons. The minimum absolute atomic E-state index is 0.525. The Morgan fingerprint density at radius 1 is 1.50 bits per heavy atom. The molecule has 0 bridgehead atoms. The van der Waals surface area contributed by atoms with Crippen LogP contribution in [0.1, 0.15) is 11.3 Å². The third kappa shape index (κ3) is 2.23. The fraction of sp³-hybridized carbons (Fsp3) is 0.182. The first kappa shape index (κ1) is 11.5. The molecule has 0 spiro atoms. The second-order valence-electron chi connectivity index (χ2n) is 3.59. The van der Waals surface area contributed by atoms with Crippen LogP contribution in [0.5, 0.6) is 0 Å². The lowest BCUT2D eigenvalue weighted by Gasteiger charge is -2.08. The molecule has 16 heavy (non-hydrogen) atoms. The van der Waals surface area contributed by atoms with E-state index in [2.05, 4.69) is 20.9 Å². The van der Waals surface area contributed by atoms with Gasteiger partial charge in [-0.05, 0) is 40.5 Å². The molecule has 2 rings (SSSR count). The lowest BCUT2D eigenvalue weighted by Crippen LogP contribution is -2.06. The van der Waals surface area contributed by atoms with Gasteiger partial charge in [-0.3, -0.25) is 0 Å². The molecule has 0 saturated heterocycles. The molecular formula is C11H11BrClN3. The highest BCUT2D eigenvalue weighted by Gasteiger charge is 2.05. The molecule has 84 valence electrons. The highest BCUT2D eigenvalue weighted by molar-refractivity contribution is 9.10. The summed E-state index contributed by atoms with van der Waals surface area (Å²) in [5.41, 5.74) is 7.90.